The van der Waals surface area contributed by atoms with Crippen LogP contribution in [-0.2, 0) is 14.1 Å². The van der Waals surface area contributed by atoms with Gasteiger partial charge in [0.15, 0.2) is 0 Å². The zero-order chi connectivity index (χ0) is 13.3. The monoisotopic (exact) mass is 240 g/mol. The van der Waals surface area contributed by atoms with Crippen molar-refractivity contribution in [2.75, 3.05) is 0 Å². The number of carboxylic acids is 1. The summed E-state index contributed by atoms with van der Waals surface area (Å²) in [5.74, 6) is 0.979. The quantitative estimate of drug-likeness (QED) is 0.766. The molecule has 5 heteroatoms. The summed E-state index contributed by atoms with van der Waals surface area (Å²) in [6.45, 7) is 9.81. The highest BCUT2D eigenvalue weighted by atomic mass is 16.7. The highest BCUT2D eigenvalue weighted by Crippen LogP contribution is 2.36. The minimum Gasteiger partial charge on any atom is -0.481 e. The van der Waals surface area contributed by atoms with E-state index >= 15 is 0 Å². The van der Waals surface area contributed by atoms with E-state index in [1.165, 1.54) is 0 Å². The van der Waals surface area contributed by atoms with E-state index in [2.05, 4.69) is 0 Å². The molecule has 0 aliphatic carbocycles. The molecule has 17 heavy (non-hydrogen) atoms. The summed E-state index contributed by atoms with van der Waals surface area (Å²) >= 11 is 0. The lowest BCUT2D eigenvalue weighted by Crippen LogP contribution is -2.41. The van der Waals surface area contributed by atoms with Gasteiger partial charge < -0.3 is 14.4 Å². The summed E-state index contributed by atoms with van der Waals surface area (Å²) < 4.78 is 11.5. The molecule has 0 amide bonds. The van der Waals surface area contributed by atoms with E-state index in [0.29, 0.717) is 0 Å². The fourth-order valence-electron chi connectivity index (χ4n) is 1.59. The van der Waals surface area contributed by atoms with Crippen LogP contribution in [0.15, 0.2) is 12.1 Å². The fourth-order valence-corrected chi connectivity index (χ4v) is 1.59. The van der Waals surface area contributed by atoms with E-state index in [4.69, 9.17) is 14.4 Å². The zero-order valence-corrected chi connectivity index (χ0v) is 11.2. The second-order valence-corrected chi connectivity index (χ2v) is 5.58. The van der Waals surface area contributed by atoms with Crippen LogP contribution < -0.4 is 0 Å². The first kappa shape index (κ1) is 14.3. The Morgan fingerprint density at radius 1 is 1.29 bits per heavy atom. The van der Waals surface area contributed by atoms with E-state index in [1.54, 1.807) is 5.98 Å². The Morgan fingerprint density at radius 3 is 2.18 bits per heavy atom. The molecule has 0 saturated carbocycles. The van der Waals surface area contributed by atoms with Gasteiger partial charge in [0.1, 0.15) is 0 Å². The third-order valence-electron chi connectivity index (χ3n) is 3.36. The van der Waals surface area contributed by atoms with Gasteiger partial charge in [0.2, 0.25) is 0 Å². The van der Waals surface area contributed by atoms with Crippen molar-refractivity contribution >= 4 is 13.1 Å². The van der Waals surface area contributed by atoms with Crippen molar-refractivity contribution in [3.8, 4) is 0 Å². The van der Waals surface area contributed by atoms with E-state index in [9.17, 15) is 4.79 Å². The first-order valence-electron chi connectivity index (χ1n) is 5.90. The van der Waals surface area contributed by atoms with Gasteiger partial charge in [-0.2, -0.15) is 0 Å². The summed E-state index contributed by atoms with van der Waals surface area (Å²) in [7, 11) is -0.392. The highest BCUT2D eigenvalue weighted by Gasteiger charge is 2.49. The number of carbonyl (C=O) groups is 1. The maximum atomic E-state index is 10.5. The molecule has 1 rings (SSSR count). The Balaban J connectivity index is 2.56. The zero-order valence-electron chi connectivity index (χ0n) is 11.2. The topological polar surface area (TPSA) is 55.8 Å². The van der Waals surface area contributed by atoms with E-state index in [0.717, 1.165) is 0 Å². The molecule has 1 atom stereocenters. The molecule has 0 unspecified atom stereocenters. The molecular formula is C12H21BO4. The fraction of sp³-hybridized carbons (Fsp3) is 0.750. The van der Waals surface area contributed by atoms with E-state index in [1.807, 2.05) is 40.7 Å². The van der Waals surface area contributed by atoms with Gasteiger partial charge >= 0.3 is 13.1 Å². The third kappa shape index (κ3) is 3.58. The number of hydrogen-bond acceptors (Lipinski definition) is 3. The van der Waals surface area contributed by atoms with Crippen LogP contribution in [-0.4, -0.2) is 29.4 Å². The van der Waals surface area contributed by atoms with Crippen LogP contribution in [0.25, 0.3) is 0 Å². The van der Waals surface area contributed by atoms with Crippen molar-refractivity contribution < 1.29 is 19.2 Å². The lowest BCUT2D eigenvalue weighted by atomic mass is 9.88. The number of allylic oxidation sites excluding steroid dienone is 1. The van der Waals surface area contributed by atoms with Gasteiger partial charge in [0.05, 0.1) is 17.6 Å². The molecule has 0 aromatic heterocycles. The van der Waals surface area contributed by atoms with Crippen molar-refractivity contribution in [2.45, 2.75) is 52.2 Å². The second-order valence-electron chi connectivity index (χ2n) is 5.58. The first-order chi connectivity index (χ1) is 7.64. The summed E-state index contributed by atoms with van der Waals surface area (Å²) in [5, 5.41) is 8.65. The lowest BCUT2D eigenvalue weighted by molar-refractivity contribution is -0.137. The molecule has 0 radical (unpaired) electrons. The third-order valence-corrected chi connectivity index (χ3v) is 3.36. The van der Waals surface area contributed by atoms with Crippen LogP contribution in [0.4, 0.5) is 0 Å². The molecule has 1 aliphatic rings. The molecule has 1 heterocycles. The maximum Gasteiger partial charge on any atom is 0.486 e. The predicted octanol–water partition coefficient (Wildman–Crippen LogP) is 2.28. The molecule has 1 saturated heterocycles. The predicted molar refractivity (Wildman–Crippen MR) is 66.6 cm³/mol. The standard InChI is InChI=1S/C12H21BO4/c1-9(8-10(14)15)6-7-13-16-11(2,3)12(4,5)17-13/h6-7,9H,8H2,1-5H3,(H,14,15)/t9-/m0/s1. The SMILES string of the molecule is C[C@@H](C=CB1OC(C)(C)C(C)(C)O1)CC(=O)O. The van der Waals surface area contributed by atoms with Crippen LogP contribution in [0.3, 0.4) is 0 Å². The lowest BCUT2D eigenvalue weighted by Gasteiger charge is -2.32. The number of rotatable bonds is 4. The minimum absolute atomic E-state index is 0.0217. The average molecular weight is 240 g/mol. The molecule has 1 N–H and O–H groups in total. The number of hydrogen-bond donors (Lipinski definition) is 1. The molecule has 0 spiro atoms. The van der Waals surface area contributed by atoms with E-state index in [-0.39, 0.29) is 23.5 Å². The smallest absolute Gasteiger partial charge is 0.481 e. The van der Waals surface area contributed by atoms with Crippen molar-refractivity contribution in [3.63, 3.8) is 0 Å². The summed E-state index contributed by atoms with van der Waals surface area (Å²) in [6.07, 6.45) is 1.95. The van der Waals surface area contributed by atoms with Crippen LogP contribution in [0, 0.1) is 5.92 Å². The van der Waals surface area contributed by atoms with E-state index < -0.39 is 13.1 Å². The molecule has 96 valence electrons. The van der Waals surface area contributed by atoms with Crippen molar-refractivity contribution in [1.82, 2.24) is 0 Å². The van der Waals surface area contributed by atoms with Gasteiger partial charge in [-0.15, -0.1) is 0 Å². The first-order valence-corrected chi connectivity index (χ1v) is 5.90. The summed E-state index contributed by atoms with van der Waals surface area (Å²) in [6, 6.07) is 0. The molecule has 4 nitrogen and oxygen atoms in total. The highest BCUT2D eigenvalue weighted by molar-refractivity contribution is 6.51. The van der Waals surface area contributed by atoms with Crippen molar-refractivity contribution in [1.29, 1.82) is 0 Å². The summed E-state index contributed by atoms with van der Waals surface area (Å²) in [4.78, 5) is 10.5. The Kier molecular flexibility index (Phi) is 4.04. The molecular weight excluding hydrogens is 219 g/mol. The Labute approximate surface area is 103 Å². The van der Waals surface area contributed by atoms with Gasteiger partial charge in [-0.25, -0.2) is 0 Å². The van der Waals surface area contributed by atoms with Crippen molar-refractivity contribution in [3.05, 3.63) is 12.1 Å². The Morgan fingerprint density at radius 2 is 1.76 bits per heavy atom. The van der Waals surface area contributed by atoms with Crippen LogP contribution in [0.1, 0.15) is 41.0 Å². The van der Waals surface area contributed by atoms with Gasteiger partial charge in [-0.3, -0.25) is 4.79 Å². The normalized spacial score (nSPS) is 24.2. The molecule has 1 fully saturated rings. The summed E-state index contributed by atoms with van der Waals surface area (Å²) in [5.41, 5.74) is -0.698. The molecule has 0 bridgehead atoms. The number of aliphatic carboxylic acids is 1. The van der Waals surface area contributed by atoms with Gasteiger partial charge in [-0.1, -0.05) is 19.0 Å². The molecule has 0 aromatic rings. The maximum absolute atomic E-state index is 10.5. The Bertz CT molecular complexity index is 306. The van der Waals surface area contributed by atoms with Crippen molar-refractivity contribution in [2.24, 2.45) is 5.92 Å². The Hall–Kier alpha value is -0.805. The van der Waals surface area contributed by atoms with Crippen LogP contribution >= 0.6 is 0 Å². The van der Waals surface area contributed by atoms with Gasteiger partial charge in [0.25, 0.3) is 0 Å². The minimum atomic E-state index is -0.795. The van der Waals surface area contributed by atoms with Crippen LogP contribution in [0.2, 0.25) is 0 Å². The molecule has 1 aliphatic heterocycles. The second kappa shape index (κ2) is 4.82. The van der Waals surface area contributed by atoms with Gasteiger partial charge in [-0.05, 0) is 33.6 Å². The van der Waals surface area contributed by atoms with Crippen LogP contribution in [0.5, 0.6) is 0 Å². The average Bonchev–Trinajstić information content (AvgIpc) is 2.31. The number of carboxylic acid groups (broad SMARTS) is 1. The van der Waals surface area contributed by atoms with Gasteiger partial charge in [0, 0.05) is 0 Å². The largest absolute Gasteiger partial charge is 0.486 e. The molecule has 0 aromatic carbocycles.